The molecule has 9 heteroatoms. The van der Waals surface area contributed by atoms with E-state index in [4.69, 9.17) is 58.0 Å². The Hall–Kier alpha value is -0.100. The van der Waals surface area contributed by atoms with E-state index in [-0.39, 0.29) is 36.8 Å². The molecule has 2 amide bonds. The van der Waals surface area contributed by atoms with Crippen LogP contribution in [0.15, 0.2) is 0 Å². The van der Waals surface area contributed by atoms with Crippen molar-refractivity contribution in [2.75, 3.05) is 38.5 Å². The molecule has 0 atom stereocenters. The van der Waals surface area contributed by atoms with Crippen LogP contribution in [0.4, 0.5) is 10.5 Å². The summed E-state index contributed by atoms with van der Waals surface area (Å²) in [6.07, 6.45) is 0. The van der Waals surface area contributed by atoms with E-state index < -0.39 is 0 Å². The minimum Gasteiger partial charge on any atom is -0.322 e. The average Bonchev–Trinajstić information content (AvgIpc) is 2.48. The standard InChI is InChI=1S/C12H12Cl5N3O/c1-19-2-4-20(5-3-19)12(21)18-11-9(16)7(14)6(13)8(15)10(11)17/h2-5H2,1H3,(H,18,21). The lowest BCUT2D eigenvalue weighted by Crippen LogP contribution is -2.48. The number of carbonyl (C=O) groups is 1. The molecule has 21 heavy (non-hydrogen) atoms. The van der Waals surface area contributed by atoms with Gasteiger partial charge < -0.3 is 15.1 Å². The van der Waals surface area contributed by atoms with Gasteiger partial charge in [0.15, 0.2) is 0 Å². The van der Waals surface area contributed by atoms with E-state index in [0.717, 1.165) is 13.1 Å². The number of benzene rings is 1. The van der Waals surface area contributed by atoms with Crippen molar-refractivity contribution in [2.45, 2.75) is 0 Å². The van der Waals surface area contributed by atoms with Crippen LogP contribution in [-0.4, -0.2) is 49.1 Å². The number of rotatable bonds is 1. The molecule has 4 nitrogen and oxygen atoms in total. The van der Waals surface area contributed by atoms with Crippen molar-refractivity contribution < 1.29 is 4.79 Å². The van der Waals surface area contributed by atoms with E-state index in [1.54, 1.807) is 4.90 Å². The fourth-order valence-corrected chi connectivity index (χ4v) is 3.14. The third kappa shape index (κ3) is 3.63. The molecule has 1 aliphatic heterocycles. The molecule has 1 heterocycles. The molecule has 0 unspecified atom stereocenters. The summed E-state index contributed by atoms with van der Waals surface area (Å²) in [6, 6.07) is -0.304. The molecule has 1 saturated heterocycles. The van der Waals surface area contributed by atoms with Crippen molar-refractivity contribution >= 4 is 69.7 Å². The summed E-state index contributed by atoms with van der Waals surface area (Å²) >= 11 is 30.0. The summed E-state index contributed by atoms with van der Waals surface area (Å²) in [5.74, 6) is 0. The summed E-state index contributed by atoms with van der Waals surface area (Å²) in [4.78, 5) is 16.1. The molecular weight excluding hydrogens is 379 g/mol. The number of hydrogen-bond acceptors (Lipinski definition) is 2. The molecular formula is C12H12Cl5N3O. The summed E-state index contributed by atoms with van der Waals surface area (Å²) in [7, 11) is 2.00. The van der Waals surface area contributed by atoms with Crippen molar-refractivity contribution in [3.05, 3.63) is 25.1 Å². The number of hydrogen-bond donors (Lipinski definition) is 1. The van der Waals surface area contributed by atoms with Gasteiger partial charge in [-0.1, -0.05) is 58.0 Å². The molecule has 0 saturated carbocycles. The minimum atomic E-state index is -0.304. The highest BCUT2D eigenvalue weighted by Gasteiger charge is 2.24. The van der Waals surface area contributed by atoms with Crippen LogP contribution in [0.25, 0.3) is 0 Å². The van der Waals surface area contributed by atoms with Gasteiger partial charge in [0.1, 0.15) is 0 Å². The Morgan fingerprint density at radius 1 is 0.857 bits per heavy atom. The average molecular weight is 392 g/mol. The number of likely N-dealkylation sites (N-methyl/N-ethyl adjacent to an activating group) is 1. The number of urea groups is 1. The predicted octanol–water partition coefficient (Wildman–Crippen LogP) is 4.73. The third-order valence-corrected chi connectivity index (χ3v) is 5.51. The fraction of sp³-hybridized carbons (Fsp3) is 0.417. The molecule has 0 aromatic heterocycles. The van der Waals surface area contributed by atoms with Crippen molar-refractivity contribution in [1.82, 2.24) is 9.80 Å². The van der Waals surface area contributed by atoms with Gasteiger partial charge in [-0.25, -0.2) is 4.79 Å². The first-order chi connectivity index (χ1) is 9.82. The van der Waals surface area contributed by atoms with Gasteiger partial charge in [0.2, 0.25) is 0 Å². The Kier molecular flexibility index (Phi) is 5.74. The highest BCUT2D eigenvalue weighted by atomic mass is 35.5. The van der Waals surface area contributed by atoms with Gasteiger partial charge in [-0.15, -0.1) is 0 Å². The Morgan fingerprint density at radius 3 is 1.76 bits per heavy atom. The van der Waals surface area contributed by atoms with E-state index in [9.17, 15) is 4.79 Å². The largest absolute Gasteiger partial charge is 0.322 e. The maximum atomic E-state index is 12.2. The SMILES string of the molecule is CN1CCN(C(=O)Nc2c(Cl)c(Cl)c(Cl)c(Cl)c2Cl)CC1. The van der Waals surface area contributed by atoms with Crippen LogP contribution in [0.3, 0.4) is 0 Å². The van der Waals surface area contributed by atoms with E-state index in [0.29, 0.717) is 13.1 Å². The number of nitrogens with zero attached hydrogens (tertiary/aromatic N) is 2. The lowest BCUT2D eigenvalue weighted by Gasteiger charge is -2.32. The van der Waals surface area contributed by atoms with Crippen molar-refractivity contribution in [3.8, 4) is 0 Å². The lowest BCUT2D eigenvalue weighted by molar-refractivity contribution is 0.164. The molecule has 1 aliphatic rings. The van der Waals surface area contributed by atoms with Gasteiger partial charge in [0.05, 0.1) is 30.8 Å². The Bertz CT molecular complexity index is 543. The first-order valence-corrected chi connectivity index (χ1v) is 7.97. The quantitative estimate of drug-likeness (QED) is 0.555. The molecule has 2 rings (SSSR count). The molecule has 1 fully saturated rings. The van der Waals surface area contributed by atoms with Gasteiger partial charge in [-0.2, -0.15) is 0 Å². The highest BCUT2D eigenvalue weighted by molar-refractivity contribution is 6.56. The molecule has 1 aromatic rings. The van der Waals surface area contributed by atoms with E-state index >= 15 is 0 Å². The van der Waals surface area contributed by atoms with Gasteiger partial charge >= 0.3 is 6.03 Å². The second-order valence-electron chi connectivity index (χ2n) is 4.67. The fourth-order valence-electron chi connectivity index (χ4n) is 1.91. The van der Waals surface area contributed by atoms with Crippen LogP contribution >= 0.6 is 58.0 Å². The first kappa shape index (κ1) is 17.3. The Balaban J connectivity index is 2.22. The number of anilines is 1. The molecule has 0 spiro atoms. The maximum absolute atomic E-state index is 12.2. The molecule has 1 aromatic carbocycles. The van der Waals surface area contributed by atoms with Crippen LogP contribution < -0.4 is 5.32 Å². The third-order valence-electron chi connectivity index (χ3n) is 3.23. The van der Waals surface area contributed by atoms with Crippen LogP contribution in [0.5, 0.6) is 0 Å². The molecule has 1 N–H and O–H groups in total. The zero-order valence-electron chi connectivity index (χ0n) is 11.0. The monoisotopic (exact) mass is 389 g/mol. The second kappa shape index (κ2) is 6.99. The van der Waals surface area contributed by atoms with E-state index in [1.165, 1.54) is 0 Å². The van der Waals surface area contributed by atoms with Crippen LogP contribution in [0.1, 0.15) is 0 Å². The number of nitrogens with one attached hydrogen (secondary N) is 1. The Labute approximate surface area is 147 Å². The highest BCUT2D eigenvalue weighted by Crippen LogP contribution is 2.46. The number of amides is 2. The number of carbonyl (C=O) groups excluding carboxylic acids is 1. The summed E-state index contributed by atoms with van der Waals surface area (Å²) < 4.78 is 0. The summed E-state index contributed by atoms with van der Waals surface area (Å²) in [5.41, 5.74) is 0.168. The first-order valence-electron chi connectivity index (χ1n) is 6.08. The second-order valence-corrected chi connectivity index (χ2v) is 6.56. The molecule has 116 valence electrons. The van der Waals surface area contributed by atoms with Gasteiger partial charge in [-0.3, -0.25) is 0 Å². The molecule has 0 radical (unpaired) electrons. The van der Waals surface area contributed by atoms with Gasteiger partial charge in [0, 0.05) is 26.2 Å². The van der Waals surface area contributed by atoms with Crippen molar-refractivity contribution in [1.29, 1.82) is 0 Å². The van der Waals surface area contributed by atoms with Crippen LogP contribution in [0.2, 0.25) is 25.1 Å². The van der Waals surface area contributed by atoms with E-state index in [1.807, 2.05) is 7.05 Å². The maximum Gasteiger partial charge on any atom is 0.322 e. The minimum absolute atomic E-state index is 0.0569. The summed E-state index contributed by atoms with van der Waals surface area (Å²) in [6.45, 7) is 2.84. The van der Waals surface area contributed by atoms with Crippen molar-refractivity contribution in [2.24, 2.45) is 0 Å². The normalized spacial score (nSPS) is 16.2. The van der Waals surface area contributed by atoms with E-state index in [2.05, 4.69) is 10.2 Å². The zero-order chi connectivity index (χ0) is 15.7. The van der Waals surface area contributed by atoms with Crippen LogP contribution in [0, 0.1) is 0 Å². The van der Waals surface area contributed by atoms with Crippen molar-refractivity contribution in [3.63, 3.8) is 0 Å². The van der Waals surface area contributed by atoms with Gasteiger partial charge in [0.25, 0.3) is 0 Å². The number of halogens is 5. The topological polar surface area (TPSA) is 35.6 Å². The number of piperazine rings is 1. The predicted molar refractivity (Wildman–Crippen MR) is 89.6 cm³/mol. The zero-order valence-corrected chi connectivity index (χ0v) is 14.8. The Morgan fingerprint density at radius 2 is 1.29 bits per heavy atom. The van der Waals surface area contributed by atoms with Crippen LogP contribution in [-0.2, 0) is 0 Å². The lowest BCUT2D eigenvalue weighted by atomic mass is 10.3. The molecule has 0 bridgehead atoms. The smallest absolute Gasteiger partial charge is 0.322 e. The summed E-state index contributed by atoms with van der Waals surface area (Å²) in [5, 5.41) is 2.96. The van der Waals surface area contributed by atoms with Gasteiger partial charge in [-0.05, 0) is 7.05 Å². The molecule has 0 aliphatic carbocycles.